The molecule has 8 nitrogen and oxygen atoms in total. The summed E-state index contributed by atoms with van der Waals surface area (Å²) in [6.07, 6.45) is 1.66. The van der Waals surface area contributed by atoms with Gasteiger partial charge in [-0.25, -0.2) is 4.98 Å². The fourth-order valence-electron chi connectivity index (χ4n) is 3.40. The van der Waals surface area contributed by atoms with E-state index in [-0.39, 0.29) is 11.7 Å². The van der Waals surface area contributed by atoms with Gasteiger partial charge in [0.1, 0.15) is 11.9 Å². The van der Waals surface area contributed by atoms with Crippen LogP contribution in [0, 0.1) is 11.3 Å². The highest BCUT2D eigenvalue weighted by atomic mass is 79.9. The van der Waals surface area contributed by atoms with Crippen molar-refractivity contribution in [3.8, 4) is 6.07 Å². The van der Waals surface area contributed by atoms with Gasteiger partial charge in [-0.1, -0.05) is 6.07 Å². The van der Waals surface area contributed by atoms with Crippen LogP contribution in [-0.4, -0.2) is 47.9 Å². The number of piperazine rings is 1. The van der Waals surface area contributed by atoms with Crippen molar-refractivity contribution in [2.75, 3.05) is 36.4 Å². The third-order valence-electron chi connectivity index (χ3n) is 4.94. The molecular weight excluding hydrogens is 462 g/mol. The molecule has 2 amide bonds. The van der Waals surface area contributed by atoms with Gasteiger partial charge in [-0.2, -0.15) is 5.26 Å². The van der Waals surface area contributed by atoms with E-state index in [2.05, 4.69) is 32.3 Å². The Morgan fingerprint density at radius 3 is 2.61 bits per heavy atom. The van der Waals surface area contributed by atoms with E-state index in [4.69, 9.17) is 4.42 Å². The van der Waals surface area contributed by atoms with E-state index in [1.54, 1.807) is 59.6 Å². The predicted octanol–water partition coefficient (Wildman–Crippen LogP) is 3.52. The maximum atomic E-state index is 13.0. The number of benzene rings is 1. The van der Waals surface area contributed by atoms with Gasteiger partial charge in [-0.3, -0.25) is 9.59 Å². The number of rotatable bonds is 4. The quantitative estimate of drug-likeness (QED) is 0.613. The third-order valence-corrected chi connectivity index (χ3v) is 5.36. The Morgan fingerprint density at radius 1 is 1.10 bits per heavy atom. The number of nitrogens with one attached hydrogen (secondary N) is 1. The number of hydrogen-bond donors (Lipinski definition) is 1. The first-order chi connectivity index (χ1) is 15.0. The Labute approximate surface area is 187 Å². The highest BCUT2D eigenvalue weighted by Crippen LogP contribution is 2.20. The molecule has 31 heavy (non-hydrogen) atoms. The summed E-state index contributed by atoms with van der Waals surface area (Å²) in [6, 6.07) is 15.6. The maximum absolute atomic E-state index is 13.0. The van der Waals surface area contributed by atoms with Gasteiger partial charge in [0.05, 0.1) is 5.56 Å². The van der Waals surface area contributed by atoms with Crippen molar-refractivity contribution in [2.24, 2.45) is 0 Å². The molecule has 1 aliphatic rings. The summed E-state index contributed by atoms with van der Waals surface area (Å²) in [7, 11) is 0. The summed E-state index contributed by atoms with van der Waals surface area (Å²) in [5.74, 6) is 0.308. The molecule has 1 aliphatic heterocycles. The smallest absolute Gasteiger partial charge is 0.291 e. The Hall–Kier alpha value is -3.64. The number of carbonyl (C=O) groups is 2. The highest BCUT2D eigenvalue weighted by Gasteiger charge is 2.24. The molecule has 0 atom stereocenters. The molecule has 0 radical (unpaired) electrons. The summed E-state index contributed by atoms with van der Waals surface area (Å²) in [5, 5.41) is 12.0. The van der Waals surface area contributed by atoms with Crippen molar-refractivity contribution in [1.29, 1.82) is 5.26 Å². The van der Waals surface area contributed by atoms with Crippen LogP contribution in [0.3, 0.4) is 0 Å². The molecule has 0 saturated carbocycles. The van der Waals surface area contributed by atoms with Crippen LogP contribution in [0.25, 0.3) is 0 Å². The van der Waals surface area contributed by atoms with Crippen molar-refractivity contribution in [1.82, 2.24) is 9.88 Å². The standard InChI is InChI=1S/C22H18BrN5O3/c23-19-7-6-18(31-19)21(29)26-17-5-1-3-15(13-17)22(30)28-11-9-27(10-12-28)20-16(14-24)4-2-8-25-20/h1-8,13H,9-12H2,(H,26,29). The number of nitrogens with zero attached hydrogens (tertiary/aromatic N) is 4. The molecule has 1 fully saturated rings. The molecule has 2 aromatic heterocycles. The summed E-state index contributed by atoms with van der Waals surface area (Å²) < 4.78 is 5.72. The minimum absolute atomic E-state index is 0.113. The zero-order chi connectivity index (χ0) is 21.8. The Morgan fingerprint density at radius 2 is 1.90 bits per heavy atom. The number of pyridine rings is 1. The second-order valence-corrected chi connectivity index (χ2v) is 7.69. The van der Waals surface area contributed by atoms with Crippen molar-refractivity contribution >= 4 is 39.2 Å². The second-order valence-electron chi connectivity index (χ2n) is 6.90. The monoisotopic (exact) mass is 479 g/mol. The van der Waals surface area contributed by atoms with Crippen molar-refractivity contribution < 1.29 is 14.0 Å². The van der Waals surface area contributed by atoms with Gasteiger partial charge in [0.15, 0.2) is 10.4 Å². The van der Waals surface area contributed by atoms with Crippen molar-refractivity contribution in [3.05, 3.63) is 76.3 Å². The lowest BCUT2D eigenvalue weighted by Crippen LogP contribution is -2.49. The largest absolute Gasteiger partial charge is 0.444 e. The highest BCUT2D eigenvalue weighted by molar-refractivity contribution is 9.10. The first kappa shape index (κ1) is 20.6. The minimum atomic E-state index is -0.396. The fraction of sp³-hybridized carbons (Fsp3) is 0.182. The lowest BCUT2D eigenvalue weighted by atomic mass is 10.1. The van der Waals surface area contributed by atoms with Crippen LogP contribution >= 0.6 is 15.9 Å². The van der Waals surface area contributed by atoms with E-state index >= 15 is 0 Å². The zero-order valence-electron chi connectivity index (χ0n) is 16.4. The van der Waals surface area contributed by atoms with E-state index in [1.165, 1.54) is 0 Å². The number of halogens is 1. The first-order valence-electron chi connectivity index (χ1n) is 9.61. The van der Waals surface area contributed by atoms with E-state index in [0.717, 1.165) is 0 Å². The van der Waals surface area contributed by atoms with Crippen LogP contribution in [0.1, 0.15) is 26.5 Å². The van der Waals surface area contributed by atoms with Crippen molar-refractivity contribution in [3.63, 3.8) is 0 Å². The molecule has 3 aromatic rings. The van der Waals surface area contributed by atoms with Crippen LogP contribution in [0.4, 0.5) is 11.5 Å². The zero-order valence-corrected chi connectivity index (χ0v) is 18.0. The normalized spacial score (nSPS) is 13.5. The number of anilines is 2. The van der Waals surface area contributed by atoms with E-state index in [9.17, 15) is 14.9 Å². The molecule has 4 rings (SSSR count). The van der Waals surface area contributed by atoms with Crippen LogP contribution in [-0.2, 0) is 0 Å². The van der Waals surface area contributed by atoms with E-state index in [0.29, 0.717) is 53.5 Å². The van der Waals surface area contributed by atoms with E-state index < -0.39 is 5.91 Å². The molecule has 1 saturated heterocycles. The molecular formula is C22H18BrN5O3. The Bertz CT molecular complexity index is 1160. The topological polar surface area (TPSA) is 102 Å². The minimum Gasteiger partial charge on any atom is -0.444 e. The molecule has 9 heteroatoms. The number of nitriles is 1. The van der Waals surface area contributed by atoms with Gasteiger partial charge in [0, 0.05) is 43.6 Å². The van der Waals surface area contributed by atoms with Crippen molar-refractivity contribution in [2.45, 2.75) is 0 Å². The summed E-state index contributed by atoms with van der Waals surface area (Å²) in [4.78, 5) is 33.3. The van der Waals surface area contributed by atoms with Gasteiger partial charge in [-0.15, -0.1) is 0 Å². The van der Waals surface area contributed by atoms with E-state index in [1.807, 2.05) is 4.90 Å². The van der Waals surface area contributed by atoms with Gasteiger partial charge >= 0.3 is 0 Å². The number of carbonyl (C=O) groups excluding carboxylic acids is 2. The Balaban J connectivity index is 1.41. The molecule has 0 aliphatic carbocycles. The Kier molecular flexibility index (Phi) is 6.00. The van der Waals surface area contributed by atoms with Gasteiger partial charge in [0.2, 0.25) is 0 Å². The molecule has 0 bridgehead atoms. The lowest BCUT2D eigenvalue weighted by molar-refractivity contribution is 0.0746. The number of furan rings is 1. The maximum Gasteiger partial charge on any atom is 0.291 e. The van der Waals surface area contributed by atoms with Crippen LogP contribution in [0.15, 0.2) is 63.8 Å². The molecule has 3 heterocycles. The fourth-order valence-corrected chi connectivity index (χ4v) is 3.71. The van der Waals surface area contributed by atoms with Gasteiger partial charge < -0.3 is 19.5 Å². The number of amides is 2. The van der Waals surface area contributed by atoms with Crippen LogP contribution in [0.5, 0.6) is 0 Å². The van der Waals surface area contributed by atoms with Crippen LogP contribution < -0.4 is 10.2 Å². The van der Waals surface area contributed by atoms with Gasteiger partial charge in [-0.05, 0) is 58.4 Å². The molecule has 1 N–H and O–H groups in total. The molecule has 1 aromatic carbocycles. The molecule has 0 unspecified atom stereocenters. The average molecular weight is 480 g/mol. The summed E-state index contributed by atoms with van der Waals surface area (Å²) in [6.45, 7) is 2.19. The number of aromatic nitrogens is 1. The summed E-state index contributed by atoms with van der Waals surface area (Å²) >= 11 is 3.17. The SMILES string of the molecule is N#Cc1cccnc1N1CCN(C(=O)c2cccc(NC(=O)c3ccc(Br)o3)c2)CC1. The average Bonchev–Trinajstić information content (AvgIpc) is 3.25. The second kappa shape index (κ2) is 9.02. The lowest BCUT2D eigenvalue weighted by Gasteiger charge is -2.35. The van der Waals surface area contributed by atoms with Crippen LogP contribution in [0.2, 0.25) is 0 Å². The molecule has 156 valence electrons. The van der Waals surface area contributed by atoms with Gasteiger partial charge in [0.25, 0.3) is 11.8 Å². The third kappa shape index (κ3) is 4.59. The summed E-state index contributed by atoms with van der Waals surface area (Å²) in [5.41, 5.74) is 1.52. The number of hydrogen-bond acceptors (Lipinski definition) is 6. The predicted molar refractivity (Wildman–Crippen MR) is 118 cm³/mol. The first-order valence-corrected chi connectivity index (χ1v) is 10.4. The molecule has 0 spiro atoms.